The number of carbonyl (C=O) groups excluding carboxylic acids is 1. The van der Waals surface area contributed by atoms with E-state index in [1.807, 2.05) is 38.1 Å². The molecule has 0 aliphatic heterocycles. The summed E-state index contributed by atoms with van der Waals surface area (Å²) in [5.74, 6) is -0.163. The molecule has 0 aromatic heterocycles. The van der Waals surface area contributed by atoms with Crippen molar-refractivity contribution in [1.29, 1.82) is 5.26 Å². The minimum absolute atomic E-state index is 0.0233. The summed E-state index contributed by atoms with van der Waals surface area (Å²) in [6, 6.07) is 21.3. The van der Waals surface area contributed by atoms with Gasteiger partial charge < -0.3 is 10.1 Å². The molecule has 0 saturated heterocycles. The second-order valence-electron chi connectivity index (χ2n) is 7.06. The van der Waals surface area contributed by atoms with E-state index in [9.17, 15) is 14.4 Å². The Kier molecular flexibility index (Phi) is 7.18. The van der Waals surface area contributed by atoms with E-state index in [-0.39, 0.29) is 11.4 Å². The third-order valence-electron chi connectivity index (χ3n) is 4.72. The Morgan fingerprint density at radius 2 is 1.84 bits per heavy atom. The van der Waals surface area contributed by atoms with Gasteiger partial charge in [-0.25, -0.2) is 4.39 Å². The van der Waals surface area contributed by atoms with Crippen molar-refractivity contribution in [3.05, 3.63) is 100 Å². The number of nitrogens with one attached hydrogen (secondary N) is 1. The van der Waals surface area contributed by atoms with Crippen LogP contribution in [0.4, 0.5) is 10.1 Å². The van der Waals surface area contributed by atoms with Crippen molar-refractivity contribution < 1.29 is 13.9 Å². The van der Waals surface area contributed by atoms with E-state index >= 15 is 0 Å². The second-order valence-corrected chi connectivity index (χ2v) is 7.06. The van der Waals surface area contributed by atoms with Gasteiger partial charge in [-0.1, -0.05) is 48.0 Å². The second kappa shape index (κ2) is 10.2. The largest absolute Gasteiger partial charge is 0.494 e. The molecule has 31 heavy (non-hydrogen) atoms. The number of carbonyl (C=O) groups is 1. The maximum absolute atomic E-state index is 14.0. The van der Waals surface area contributed by atoms with Crippen molar-refractivity contribution in [3.63, 3.8) is 0 Å². The van der Waals surface area contributed by atoms with E-state index in [2.05, 4.69) is 5.32 Å². The predicted octanol–water partition coefficient (Wildman–Crippen LogP) is 5.67. The Balaban J connectivity index is 1.85. The fraction of sp³-hybridized carbons (Fsp3) is 0.154. The van der Waals surface area contributed by atoms with Gasteiger partial charge in [0.2, 0.25) is 0 Å². The number of ether oxygens (including phenoxy) is 1. The van der Waals surface area contributed by atoms with Crippen molar-refractivity contribution in [2.75, 3.05) is 11.9 Å². The number of amides is 1. The molecule has 3 rings (SSSR count). The van der Waals surface area contributed by atoms with Crippen LogP contribution < -0.4 is 10.1 Å². The summed E-state index contributed by atoms with van der Waals surface area (Å²) in [6.45, 7) is 4.26. The standard InChI is InChI=1S/C26H23FN2O2/c1-3-31-25-15-19(10-11-21(25)16-20-6-4-5-7-24(20)27)14-22(17-28)26(30)29-23-12-8-18(2)9-13-23/h4-15H,3,16H2,1-2H3,(H,29,30)/b22-14+. The highest BCUT2D eigenvalue weighted by Gasteiger charge is 2.12. The normalized spacial score (nSPS) is 11.0. The van der Waals surface area contributed by atoms with Crippen LogP contribution in [0.15, 0.2) is 72.3 Å². The summed E-state index contributed by atoms with van der Waals surface area (Å²) >= 11 is 0. The van der Waals surface area contributed by atoms with Gasteiger partial charge >= 0.3 is 0 Å². The highest BCUT2D eigenvalue weighted by atomic mass is 19.1. The first kappa shape index (κ1) is 21.8. The van der Waals surface area contributed by atoms with Crippen LogP contribution >= 0.6 is 0 Å². The van der Waals surface area contributed by atoms with E-state index in [0.717, 1.165) is 11.1 Å². The number of nitrogens with zero attached hydrogens (tertiary/aromatic N) is 1. The van der Waals surface area contributed by atoms with Crippen LogP contribution in [0.1, 0.15) is 29.2 Å². The summed E-state index contributed by atoms with van der Waals surface area (Å²) in [5.41, 5.74) is 3.72. The zero-order valence-electron chi connectivity index (χ0n) is 17.5. The molecule has 0 saturated carbocycles. The van der Waals surface area contributed by atoms with Gasteiger partial charge in [0.15, 0.2) is 0 Å². The van der Waals surface area contributed by atoms with Crippen molar-refractivity contribution in [3.8, 4) is 11.8 Å². The fourth-order valence-corrected chi connectivity index (χ4v) is 3.09. The summed E-state index contributed by atoms with van der Waals surface area (Å²) in [6.07, 6.45) is 1.89. The number of anilines is 1. The van der Waals surface area contributed by atoms with E-state index in [0.29, 0.717) is 35.6 Å². The Labute approximate surface area is 181 Å². The molecular weight excluding hydrogens is 391 g/mol. The van der Waals surface area contributed by atoms with Crippen molar-refractivity contribution >= 4 is 17.7 Å². The average Bonchev–Trinajstić information content (AvgIpc) is 2.77. The van der Waals surface area contributed by atoms with Crippen LogP contribution in [0, 0.1) is 24.1 Å². The van der Waals surface area contributed by atoms with E-state index in [1.165, 1.54) is 12.1 Å². The van der Waals surface area contributed by atoms with Gasteiger partial charge in [0.05, 0.1) is 6.61 Å². The predicted molar refractivity (Wildman–Crippen MR) is 120 cm³/mol. The van der Waals surface area contributed by atoms with Gasteiger partial charge in [0.25, 0.3) is 5.91 Å². The molecule has 0 unspecified atom stereocenters. The molecule has 1 N–H and O–H groups in total. The lowest BCUT2D eigenvalue weighted by Gasteiger charge is -2.12. The maximum Gasteiger partial charge on any atom is 0.266 e. The van der Waals surface area contributed by atoms with Gasteiger partial charge in [-0.15, -0.1) is 0 Å². The Morgan fingerprint density at radius 3 is 2.52 bits per heavy atom. The smallest absolute Gasteiger partial charge is 0.266 e. The van der Waals surface area contributed by atoms with Crippen molar-refractivity contribution in [2.45, 2.75) is 20.3 Å². The van der Waals surface area contributed by atoms with Gasteiger partial charge in [0, 0.05) is 12.1 Å². The van der Waals surface area contributed by atoms with Crippen LogP contribution in [0.5, 0.6) is 5.75 Å². The first-order valence-corrected chi connectivity index (χ1v) is 9.99. The molecule has 1 amide bonds. The fourth-order valence-electron chi connectivity index (χ4n) is 3.09. The first-order chi connectivity index (χ1) is 15.0. The highest BCUT2D eigenvalue weighted by molar-refractivity contribution is 6.09. The molecule has 0 atom stereocenters. The third-order valence-corrected chi connectivity index (χ3v) is 4.72. The molecule has 0 bridgehead atoms. The number of rotatable bonds is 7. The van der Waals surface area contributed by atoms with Gasteiger partial charge in [-0.3, -0.25) is 4.79 Å². The Morgan fingerprint density at radius 1 is 1.10 bits per heavy atom. The summed E-state index contributed by atoms with van der Waals surface area (Å²) < 4.78 is 19.8. The quantitative estimate of drug-likeness (QED) is 0.400. The number of halogens is 1. The number of aryl methyl sites for hydroxylation is 1. The number of benzene rings is 3. The minimum atomic E-state index is -0.486. The lowest BCUT2D eigenvalue weighted by Crippen LogP contribution is -2.13. The third kappa shape index (κ3) is 5.80. The maximum atomic E-state index is 14.0. The summed E-state index contributed by atoms with van der Waals surface area (Å²) in [4.78, 5) is 12.5. The van der Waals surface area contributed by atoms with Gasteiger partial charge in [0.1, 0.15) is 23.2 Å². The molecule has 0 spiro atoms. The molecule has 5 heteroatoms. The van der Waals surface area contributed by atoms with Crippen LogP contribution in [0.3, 0.4) is 0 Å². The Bertz CT molecular complexity index is 1140. The summed E-state index contributed by atoms with van der Waals surface area (Å²) in [5, 5.41) is 12.2. The molecule has 0 aliphatic rings. The van der Waals surface area contributed by atoms with Gasteiger partial charge in [-0.2, -0.15) is 5.26 Å². The zero-order valence-corrected chi connectivity index (χ0v) is 17.5. The van der Waals surface area contributed by atoms with Crippen molar-refractivity contribution in [1.82, 2.24) is 0 Å². The molecule has 0 heterocycles. The van der Waals surface area contributed by atoms with E-state index < -0.39 is 5.91 Å². The number of hydrogen-bond donors (Lipinski definition) is 1. The molecule has 3 aromatic carbocycles. The van der Waals surface area contributed by atoms with E-state index in [4.69, 9.17) is 4.74 Å². The van der Waals surface area contributed by atoms with E-state index in [1.54, 1.807) is 42.5 Å². The summed E-state index contributed by atoms with van der Waals surface area (Å²) in [7, 11) is 0. The van der Waals surface area contributed by atoms with Crippen LogP contribution in [-0.4, -0.2) is 12.5 Å². The first-order valence-electron chi connectivity index (χ1n) is 9.99. The van der Waals surface area contributed by atoms with Crippen LogP contribution in [-0.2, 0) is 11.2 Å². The molecule has 3 aromatic rings. The molecule has 4 nitrogen and oxygen atoms in total. The highest BCUT2D eigenvalue weighted by Crippen LogP contribution is 2.26. The van der Waals surface area contributed by atoms with Crippen LogP contribution in [0.25, 0.3) is 6.08 Å². The molecule has 156 valence electrons. The monoisotopic (exact) mass is 414 g/mol. The lowest BCUT2D eigenvalue weighted by atomic mass is 10.0. The van der Waals surface area contributed by atoms with Gasteiger partial charge in [-0.05, 0) is 60.9 Å². The average molecular weight is 414 g/mol. The molecule has 0 fully saturated rings. The molecular formula is C26H23FN2O2. The number of hydrogen-bond acceptors (Lipinski definition) is 3. The Hall–Kier alpha value is -3.91. The zero-order chi connectivity index (χ0) is 22.2. The lowest BCUT2D eigenvalue weighted by molar-refractivity contribution is -0.112. The van der Waals surface area contributed by atoms with Crippen LogP contribution in [0.2, 0.25) is 0 Å². The molecule has 0 aliphatic carbocycles. The number of nitriles is 1. The minimum Gasteiger partial charge on any atom is -0.494 e. The SMILES string of the molecule is CCOc1cc(/C=C(\C#N)C(=O)Nc2ccc(C)cc2)ccc1Cc1ccccc1F. The molecule has 0 radical (unpaired) electrons. The van der Waals surface area contributed by atoms with Crippen molar-refractivity contribution in [2.24, 2.45) is 0 Å². The topological polar surface area (TPSA) is 62.1 Å².